The van der Waals surface area contributed by atoms with Crippen LogP contribution in [-0.4, -0.2) is 66.3 Å². The second-order valence-corrected chi connectivity index (χ2v) is 8.90. The molecule has 2 aromatic rings. The van der Waals surface area contributed by atoms with E-state index in [4.69, 9.17) is 0 Å². The molecule has 140 valence electrons. The van der Waals surface area contributed by atoms with Gasteiger partial charge in [0.15, 0.2) is 0 Å². The van der Waals surface area contributed by atoms with Crippen molar-refractivity contribution in [3.63, 3.8) is 0 Å². The number of nitrogens with zero attached hydrogens (tertiary/aromatic N) is 5. The highest BCUT2D eigenvalue weighted by atomic mass is 32.2. The van der Waals surface area contributed by atoms with E-state index in [1.807, 2.05) is 18.3 Å². The van der Waals surface area contributed by atoms with Crippen LogP contribution in [0.2, 0.25) is 0 Å². The first kappa shape index (κ1) is 17.6. The number of rotatable bonds is 3. The van der Waals surface area contributed by atoms with Gasteiger partial charge in [-0.15, -0.1) is 0 Å². The molecule has 0 radical (unpaired) electrons. The van der Waals surface area contributed by atoms with Gasteiger partial charge in [-0.2, -0.15) is 17.0 Å². The van der Waals surface area contributed by atoms with Crippen molar-refractivity contribution in [2.24, 2.45) is 0 Å². The van der Waals surface area contributed by atoms with Crippen LogP contribution in [-0.2, 0) is 10.2 Å². The molecule has 7 nitrogen and oxygen atoms in total. The van der Waals surface area contributed by atoms with Gasteiger partial charge in [-0.25, -0.2) is 9.97 Å². The second kappa shape index (κ2) is 7.46. The van der Waals surface area contributed by atoms with E-state index in [1.165, 1.54) is 0 Å². The standard InChI is InChI=1S/C18H25N5O2S/c24-26(25,22-7-3-1-2-4-8-22)23-11-9-21(10-12-23)17-5-6-18-16(13-17)14-19-15-20-18/h5-6,13-15H,1-4,7-12H2. The summed E-state index contributed by atoms with van der Waals surface area (Å²) in [4.78, 5) is 10.6. The first-order chi connectivity index (χ1) is 12.6. The topological polar surface area (TPSA) is 69.6 Å². The Morgan fingerprint density at radius 2 is 1.54 bits per heavy atom. The monoisotopic (exact) mass is 375 g/mol. The van der Waals surface area contributed by atoms with Crippen molar-refractivity contribution in [2.75, 3.05) is 44.2 Å². The molecule has 1 aromatic carbocycles. The average molecular weight is 375 g/mol. The molecule has 0 saturated carbocycles. The van der Waals surface area contributed by atoms with Crippen LogP contribution in [0.25, 0.3) is 10.9 Å². The molecule has 26 heavy (non-hydrogen) atoms. The minimum Gasteiger partial charge on any atom is -0.369 e. The van der Waals surface area contributed by atoms with Crippen molar-refractivity contribution in [3.8, 4) is 0 Å². The predicted octanol–water partition coefficient (Wildman–Crippen LogP) is 1.87. The molecule has 1 aromatic heterocycles. The molecule has 2 saturated heterocycles. The lowest BCUT2D eigenvalue weighted by Crippen LogP contribution is -2.53. The van der Waals surface area contributed by atoms with Crippen LogP contribution < -0.4 is 4.90 Å². The number of piperazine rings is 1. The van der Waals surface area contributed by atoms with E-state index in [2.05, 4.69) is 20.9 Å². The van der Waals surface area contributed by atoms with Gasteiger partial charge in [-0.05, 0) is 31.0 Å². The Hall–Kier alpha value is -1.77. The molecule has 8 heteroatoms. The van der Waals surface area contributed by atoms with Crippen molar-refractivity contribution in [2.45, 2.75) is 25.7 Å². The van der Waals surface area contributed by atoms with Gasteiger partial charge in [0.25, 0.3) is 10.2 Å². The molecular weight excluding hydrogens is 350 g/mol. The SMILES string of the molecule is O=S(=O)(N1CCCCCC1)N1CCN(c2ccc3ncncc3c2)CC1. The molecule has 0 atom stereocenters. The second-order valence-electron chi connectivity index (χ2n) is 6.97. The van der Waals surface area contributed by atoms with Gasteiger partial charge in [0.05, 0.1) is 5.52 Å². The molecule has 0 unspecified atom stereocenters. The molecule has 0 amide bonds. The van der Waals surface area contributed by atoms with Crippen LogP contribution in [0.15, 0.2) is 30.7 Å². The maximum absolute atomic E-state index is 12.9. The fraction of sp³-hybridized carbons (Fsp3) is 0.556. The number of aromatic nitrogens is 2. The normalized spacial score (nSPS) is 21.0. The van der Waals surface area contributed by atoms with Crippen molar-refractivity contribution >= 4 is 26.8 Å². The first-order valence-electron chi connectivity index (χ1n) is 9.34. The minimum atomic E-state index is -3.33. The Morgan fingerprint density at radius 3 is 2.27 bits per heavy atom. The summed E-state index contributed by atoms with van der Waals surface area (Å²) in [5.41, 5.74) is 2.02. The van der Waals surface area contributed by atoms with E-state index in [9.17, 15) is 8.42 Å². The van der Waals surface area contributed by atoms with Crippen LogP contribution >= 0.6 is 0 Å². The van der Waals surface area contributed by atoms with E-state index >= 15 is 0 Å². The van der Waals surface area contributed by atoms with Crippen LogP contribution in [0.1, 0.15) is 25.7 Å². The Labute approximate surface area is 154 Å². The fourth-order valence-electron chi connectivity index (χ4n) is 3.78. The third-order valence-electron chi connectivity index (χ3n) is 5.31. The molecule has 2 aliphatic heterocycles. The summed E-state index contributed by atoms with van der Waals surface area (Å²) in [6.07, 6.45) is 7.56. The summed E-state index contributed by atoms with van der Waals surface area (Å²) in [5.74, 6) is 0. The highest BCUT2D eigenvalue weighted by molar-refractivity contribution is 7.86. The van der Waals surface area contributed by atoms with Gasteiger partial charge in [-0.3, -0.25) is 0 Å². The zero-order chi connectivity index (χ0) is 18.0. The first-order valence-corrected chi connectivity index (χ1v) is 10.7. The van der Waals surface area contributed by atoms with Crippen LogP contribution in [0.3, 0.4) is 0 Å². The lowest BCUT2D eigenvalue weighted by atomic mass is 10.2. The highest BCUT2D eigenvalue weighted by Gasteiger charge is 2.32. The largest absolute Gasteiger partial charge is 0.369 e. The van der Waals surface area contributed by atoms with Crippen LogP contribution in [0.4, 0.5) is 5.69 Å². The Bertz CT molecular complexity index is 857. The Balaban J connectivity index is 1.44. The lowest BCUT2D eigenvalue weighted by Gasteiger charge is -2.37. The molecule has 0 bridgehead atoms. The van der Waals surface area contributed by atoms with Crippen molar-refractivity contribution in [1.29, 1.82) is 0 Å². The van der Waals surface area contributed by atoms with Gasteiger partial charge in [0, 0.05) is 56.5 Å². The molecule has 0 spiro atoms. The molecule has 3 heterocycles. The molecule has 2 aliphatic rings. The summed E-state index contributed by atoms with van der Waals surface area (Å²) in [7, 11) is -3.33. The third-order valence-corrected chi connectivity index (χ3v) is 7.35. The number of hydrogen-bond acceptors (Lipinski definition) is 5. The zero-order valence-corrected chi connectivity index (χ0v) is 15.7. The van der Waals surface area contributed by atoms with Gasteiger partial charge < -0.3 is 4.90 Å². The maximum atomic E-state index is 12.9. The van der Waals surface area contributed by atoms with E-state index in [-0.39, 0.29) is 0 Å². The van der Waals surface area contributed by atoms with Crippen molar-refractivity contribution in [1.82, 2.24) is 18.6 Å². The Kier molecular flexibility index (Phi) is 5.06. The van der Waals surface area contributed by atoms with Gasteiger partial charge in [-0.1, -0.05) is 12.8 Å². The van der Waals surface area contributed by atoms with Gasteiger partial charge in [0.2, 0.25) is 0 Å². The fourth-order valence-corrected chi connectivity index (χ4v) is 5.45. The summed E-state index contributed by atoms with van der Waals surface area (Å²) >= 11 is 0. The van der Waals surface area contributed by atoms with Crippen molar-refractivity contribution < 1.29 is 8.42 Å². The van der Waals surface area contributed by atoms with Gasteiger partial charge >= 0.3 is 0 Å². The predicted molar refractivity (Wildman–Crippen MR) is 102 cm³/mol. The number of benzene rings is 1. The molecular formula is C18H25N5O2S. The van der Waals surface area contributed by atoms with E-state index in [1.54, 1.807) is 14.9 Å². The van der Waals surface area contributed by atoms with Gasteiger partial charge in [0.1, 0.15) is 6.33 Å². The molecule has 0 N–H and O–H groups in total. The van der Waals surface area contributed by atoms with E-state index < -0.39 is 10.2 Å². The Morgan fingerprint density at radius 1 is 0.846 bits per heavy atom. The molecule has 2 fully saturated rings. The highest BCUT2D eigenvalue weighted by Crippen LogP contribution is 2.23. The number of anilines is 1. The number of hydrogen-bond donors (Lipinski definition) is 0. The zero-order valence-electron chi connectivity index (χ0n) is 14.9. The number of fused-ring (bicyclic) bond motifs is 1. The van der Waals surface area contributed by atoms with E-state index in [0.717, 1.165) is 42.3 Å². The summed E-state index contributed by atoms with van der Waals surface area (Å²) < 4.78 is 29.2. The maximum Gasteiger partial charge on any atom is 0.282 e. The van der Waals surface area contributed by atoms with Crippen molar-refractivity contribution in [3.05, 3.63) is 30.7 Å². The average Bonchev–Trinajstić information content (AvgIpc) is 2.98. The third kappa shape index (κ3) is 3.54. The molecule has 0 aliphatic carbocycles. The minimum absolute atomic E-state index is 0.530. The van der Waals surface area contributed by atoms with Crippen LogP contribution in [0, 0.1) is 0 Å². The molecule has 4 rings (SSSR count). The quantitative estimate of drug-likeness (QED) is 0.819. The lowest BCUT2D eigenvalue weighted by molar-refractivity contribution is 0.327. The summed E-state index contributed by atoms with van der Waals surface area (Å²) in [6, 6.07) is 6.12. The smallest absolute Gasteiger partial charge is 0.282 e. The summed E-state index contributed by atoms with van der Waals surface area (Å²) in [5, 5.41) is 1.00. The van der Waals surface area contributed by atoms with E-state index in [0.29, 0.717) is 39.3 Å². The van der Waals surface area contributed by atoms with Crippen LogP contribution in [0.5, 0.6) is 0 Å². The summed E-state index contributed by atoms with van der Waals surface area (Å²) in [6.45, 7) is 3.78.